The number of phosphoric ester groups is 1. The van der Waals surface area contributed by atoms with Crippen molar-refractivity contribution in [2.45, 2.75) is 79.1 Å². The molecule has 7 nitrogen and oxygen atoms in total. The molecule has 2 unspecified atom stereocenters. The maximum absolute atomic E-state index is 12.7. The maximum atomic E-state index is 12.7. The van der Waals surface area contributed by atoms with Gasteiger partial charge in [0.05, 0.1) is 13.2 Å². The van der Waals surface area contributed by atoms with Crippen molar-refractivity contribution in [2.75, 3.05) is 13.2 Å². The molecule has 26 heavy (non-hydrogen) atoms. The van der Waals surface area contributed by atoms with Crippen molar-refractivity contribution in [3.05, 3.63) is 0 Å². The zero-order valence-corrected chi connectivity index (χ0v) is 17.8. The van der Waals surface area contributed by atoms with Gasteiger partial charge in [-0.1, -0.05) is 66.2 Å². The van der Waals surface area contributed by atoms with Gasteiger partial charge in [-0.05, 0) is 24.7 Å². The van der Waals surface area contributed by atoms with E-state index in [9.17, 15) is 9.13 Å². The van der Waals surface area contributed by atoms with Crippen LogP contribution in [0.15, 0.2) is 0 Å². The molecule has 0 amide bonds. The van der Waals surface area contributed by atoms with Crippen molar-refractivity contribution >= 4 is 45.2 Å². The summed E-state index contributed by atoms with van der Waals surface area (Å²) in [4.78, 5) is 18.1. The number of hydrogen-bond acceptors (Lipinski definition) is 5. The molecule has 0 heterocycles. The SMILES string of the molecule is CCCCC(CC)COP(=O)(OCC(CC)CCCC)OP(=O)(O)O.[NaH]. The molecule has 0 rings (SSSR count). The Kier molecular flexibility index (Phi) is 18.2. The van der Waals surface area contributed by atoms with Gasteiger partial charge in [0, 0.05) is 0 Å². The van der Waals surface area contributed by atoms with E-state index < -0.39 is 15.6 Å². The third-order valence-corrected chi connectivity index (χ3v) is 6.81. The Bertz CT molecular complexity index is 407. The number of phosphoric acid groups is 2. The first-order chi connectivity index (χ1) is 11.7. The second-order valence-corrected chi connectivity index (χ2v) is 9.49. The molecule has 0 fully saturated rings. The predicted molar refractivity (Wildman–Crippen MR) is 106 cm³/mol. The average molecular weight is 426 g/mol. The van der Waals surface area contributed by atoms with E-state index in [1.165, 1.54) is 0 Å². The van der Waals surface area contributed by atoms with Crippen molar-refractivity contribution in [1.29, 1.82) is 0 Å². The minimum atomic E-state index is -4.98. The van der Waals surface area contributed by atoms with Crippen LogP contribution in [0.2, 0.25) is 0 Å². The fraction of sp³-hybridized carbons (Fsp3) is 1.00. The van der Waals surface area contributed by atoms with Gasteiger partial charge in [-0.15, -0.1) is 0 Å². The molecule has 0 aromatic rings. The molecule has 0 aliphatic rings. The molecule has 2 atom stereocenters. The van der Waals surface area contributed by atoms with E-state index in [1.54, 1.807) is 0 Å². The first-order valence-electron chi connectivity index (χ1n) is 9.35. The van der Waals surface area contributed by atoms with Crippen LogP contribution >= 0.6 is 15.6 Å². The minimum absolute atomic E-state index is 0. The molecule has 10 heteroatoms. The Morgan fingerprint density at radius 1 is 0.808 bits per heavy atom. The van der Waals surface area contributed by atoms with Crippen LogP contribution in [-0.2, 0) is 22.5 Å². The summed E-state index contributed by atoms with van der Waals surface area (Å²) in [6.07, 6.45) is 7.56. The van der Waals surface area contributed by atoms with Crippen molar-refractivity contribution in [1.82, 2.24) is 0 Å². The molecule has 0 saturated carbocycles. The van der Waals surface area contributed by atoms with Crippen molar-refractivity contribution < 1.29 is 32.3 Å². The van der Waals surface area contributed by atoms with Gasteiger partial charge in [0.25, 0.3) is 0 Å². The van der Waals surface area contributed by atoms with Crippen LogP contribution < -0.4 is 0 Å². The normalized spacial score (nSPS) is 16.5. The van der Waals surface area contributed by atoms with Crippen LogP contribution in [0, 0.1) is 11.8 Å². The Labute approximate surface area is 181 Å². The van der Waals surface area contributed by atoms with Gasteiger partial charge in [0.15, 0.2) is 0 Å². The van der Waals surface area contributed by atoms with Crippen LogP contribution in [-0.4, -0.2) is 52.6 Å². The van der Waals surface area contributed by atoms with Crippen molar-refractivity contribution in [3.8, 4) is 0 Å². The van der Waals surface area contributed by atoms with E-state index in [0.29, 0.717) is 0 Å². The van der Waals surface area contributed by atoms with Crippen LogP contribution in [0.1, 0.15) is 79.1 Å². The predicted octanol–water partition coefficient (Wildman–Crippen LogP) is 5.02. The summed E-state index contributed by atoms with van der Waals surface area (Å²) in [6, 6.07) is 0. The summed E-state index contributed by atoms with van der Waals surface area (Å²) in [5.74, 6) is 0.304. The van der Waals surface area contributed by atoms with Gasteiger partial charge in [0.1, 0.15) is 0 Å². The van der Waals surface area contributed by atoms with Gasteiger partial charge in [-0.2, -0.15) is 4.31 Å². The van der Waals surface area contributed by atoms with E-state index in [0.717, 1.165) is 51.4 Å². The second kappa shape index (κ2) is 16.1. The van der Waals surface area contributed by atoms with Gasteiger partial charge >= 0.3 is 45.2 Å². The molecule has 0 saturated heterocycles. The molecular formula is C16H37NaO7P2. The van der Waals surface area contributed by atoms with E-state index in [1.807, 2.05) is 13.8 Å². The fourth-order valence-corrected chi connectivity index (χ4v) is 4.68. The fourth-order valence-electron chi connectivity index (χ4n) is 2.40. The summed E-state index contributed by atoms with van der Waals surface area (Å²) < 4.78 is 38.8. The molecule has 0 aliphatic carbocycles. The summed E-state index contributed by atoms with van der Waals surface area (Å²) in [5.41, 5.74) is 0. The second-order valence-electron chi connectivity index (χ2n) is 6.44. The van der Waals surface area contributed by atoms with Crippen LogP contribution in [0.3, 0.4) is 0 Å². The number of unbranched alkanes of at least 4 members (excludes halogenated alkanes) is 2. The summed E-state index contributed by atoms with van der Waals surface area (Å²) in [5, 5.41) is 0. The topological polar surface area (TPSA) is 102 Å². The van der Waals surface area contributed by atoms with Gasteiger partial charge in [-0.3, -0.25) is 9.05 Å². The first kappa shape index (κ1) is 29.5. The molecule has 0 bridgehead atoms. The van der Waals surface area contributed by atoms with E-state index >= 15 is 0 Å². The average Bonchev–Trinajstić information content (AvgIpc) is 2.53. The summed E-state index contributed by atoms with van der Waals surface area (Å²) in [7, 11) is -9.28. The summed E-state index contributed by atoms with van der Waals surface area (Å²) >= 11 is 0. The van der Waals surface area contributed by atoms with Gasteiger partial charge in [0.2, 0.25) is 0 Å². The number of hydrogen-bond donors (Lipinski definition) is 2. The molecule has 0 aliphatic heterocycles. The zero-order valence-electron chi connectivity index (χ0n) is 16.1. The molecule has 0 radical (unpaired) electrons. The van der Waals surface area contributed by atoms with Crippen molar-refractivity contribution in [2.24, 2.45) is 11.8 Å². The molecular weight excluding hydrogens is 389 g/mol. The first-order valence-corrected chi connectivity index (χ1v) is 12.3. The standard InChI is InChI=1S/C16H36O7P2.Na.H/c1-5-9-11-15(7-3)13-21-25(20,23-24(17,18)19)22-14-16(8-4)12-10-6-2;;/h15-16H,5-14H2,1-4H3,(H2,17,18,19);;. The molecule has 0 aromatic carbocycles. The van der Waals surface area contributed by atoms with Gasteiger partial charge in [-0.25, -0.2) is 9.13 Å². The Morgan fingerprint density at radius 3 is 1.46 bits per heavy atom. The molecule has 0 spiro atoms. The quantitative estimate of drug-likeness (QED) is 0.264. The van der Waals surface area contributed by atoms with Crippen molar-refractivity contribution in [3.63, 3.8) is 0 Å². The Balaban J connectivity index is 0. The molecule has 2 N–H and O–H groups in total. The Morgan fingerprint density at radius 2 is 1.19 bits per heavy atom. The van der Waals surface area contributed by atoms with Crippen LogP contribution in [0.25, 0.3) is 0 Å². The third kappa shape index (κ3) is 15.2. The zero-order chi connectivity index (χ0) is 19.3. The monoisotopic (exact) mass is 426 g/mol. The van der Waals surface area contributed by atoms with E-state index in [4.69, 9.17) is 18.8 Å². The van der Waals surface area contributed by atoms with Gasteiger partial charge < -0.3 is 9.79 Å². The summed E-state index contributed by atoms with van der Waals surface area (Å²) in [6.45, 7) is 8.35. The molecule has 154 valence electrons. The Hall–Kier alpha value is 1.26. The number of rotatable bonds is 16. The van der Waals surface area contributed by atoms with Crippen LogP contribution in [0.5, 0.6) is 0 Å². The molecule has 0 aromatic heterocycles. The van der Waals surface area contributed by atoms with E-state index in [-0.39, 0.29) is 54.6 Å². The van der Waals surface area contributed by atoms with Crippen LogP contribution in [0.4, 0.5) is 0 Å². The third-order valence-electron chi connectivity index (χ3n) is 4.23. The van der Waals surface area contributed by atoms with E-state index in [2.05, 4.69) is 18.2 Å².